The minimum absolute atomic E-state index is 0.127. The highest BCUT2D eigenvalue weighted by Gasteiger charge is 2.35. The van der Waals surface area contributed by atoms with E-state index < -0.39 is 5.51 Å². The molecule has 1 fully saturated rings. The van der Waals surface area contributed by atoms with Gasteiger partial charge in [-0.3, -0.25) is 0 Å². The van der Waals surface area contributed by atoms with Crippen LogP contribution in [0.3, 0.4) is 0 Å². The molecule has 0 spiro atoms. The molecule has 2 atom stereocenters. The van der Waals surface area contributed by atoms with Gasteiger partial charge in [-0.2, -0.15) is 13.2 Å². The van der Waals surface area contributed by atoms with Gasteiger partial charge in [0.2, 0.25) is 0 Å². The average molecular weight is 283 g/mol. The van der Waals surface area contributed by atoms with Crippen LogP contribution >= 0.6 is 11.8 Å². The lowest BCUT2D eigenvalue weighted by Crippen LogP contribution is -2.35. The SMILES string of the molecule is CNCC1CCC(C)(C)CC1CCSC(F)(F)F. The highest BCUT2D eigenvalue weighted by molar-refractivity contribution is 8.00. The van der Waals surface area contributed by atoms with E-state index in [1.54, 1.807) is 0 Å². The van der Waals surface area contributed by atoms with E-state index in [1.807, 2.05) is 7.05 Å². The molecule has 0 amide bonds. The van der Waals surface area contributed by atoms with E-state index in [0.717, 1.165) is 19.4 Å². The van der Waals surface area contributed by atoms with E-state index in [-0.39, 0.29) is 22.9 Å². The maximum absolute atomic E-state index is 12.2. The Morgan fingerprint density at radius 3 is 2.50 bits per heavy atom. The van der Waals surface area contributed by atoms with Crippen molar-refractivity contribution in [3.8, 4) is 0 Å². The topological polar surface area (TPSA) is 12.0 Å². The highest BCUT2D eigenvalue weighted by atomic mass is 32.2. The zero-order chi connectivity index (χ0) is 13.8. The van der Waals surface area contributed by atoms with E-state index in [2.05, 4.69) is 19.2 Å². The average Bonchev–Trinajstić information content (AvgIpc) is 2.20. The summed E-state index contributed by atoms with van der Waals surface area (Å²) in [5, 5.41) is 3.17. The number of hydrogen-bond acceptors (Lipinski definition) is 2. The van der Waals surface area contributed by atoms with Gasteiger partial charge in [-0.15, -0.1) is 0 Å². The molecule has 0 aromatic rings. The van der Waals surface area contributed by atoms with Crippen molar-refractivity contribution in [2.75, 3.05) is 19.3 Å². The molecular formula is C13H24F3NS. The standard InChI is InChI=1S/C13H24F3NS/c1-12(2)6-4-11(9-17-3)10(8-12)5-7-18-13(14,15)16/h10-11,17H,4-9H2,1-3H3. The second-order valence-corrected chi connectivity index (χ2v) is 7.23. The van der Waals surface area contributed by atoms with Crippen LogP contribution in [0, 0.1) is 17.3 Å². The fourth-order valence-electron chi connectivity index (χ4n) is 2.99. The lowest BCUT2D eigenvalue weighted by molar-refractivity contribution is -0.0329. The van der Waals surface area contributed by atoms with Crippen LogP contribution in [0.4, 0.5) is 13.2 Å². The Morgan fingerprint density at radius 2 is 1.94 bits per heavy atom. The zero-order valence-corrected chi connectivity index (χ0v) is 12.3. The smallest absolute Gasteiger partial charge is 0.319 e. The van der Waals surface area contributed by atoms with Gasteiger partial charge in [0.1, 0.15) is 0 Å². The van der Waals surface area contributed by atoms with Crippen molar-refractivity contribution in [3.05, 3.63) is 0 Å². The summed E-state index contributed by atoms with van der Waals surface area (Å²) >= 11 is 0.127. The molecule has 5 heteroatoms. The van der Waals surface area contributed by atoms with Gasteiger partial charge in [-0.25, -0.2) is 0 Å². The van der Waals surface area contributed by atoms with Crippen LogP contribution in [-0.2, 0) is 0 Å². The summed E-state index contributed by atoms with van der Waals surface area (Å²) in [4.78, 5) is 0. The Hall–Kier alpha value is 0.100. The second kappa shape index (κ2) is 6.51. The van der Waals surface area contributed by atoms with Crippen molar-refractivity contribution in [1.82, 2.24) is 5.32 Å². The summed E-state index contributed by atoms with van der Waals surface area (Å²) in [5.41, 5.74) is -3.79. The van der Waals surface area contributed by atoms with E-state index in [9.17, 15) is 13.2 Å². The van der Waals surface area contributed by atoms with Crippen LogP contribution in [0.25, 0.3) is 0 Å². The lowest BCUT2D eigenvalue weighted by Gasteiger charge is -2.41. The first-order chi connectivity index (χ1) is 8.23. The predicted molar refractivity (Wildman–Crippen MR) is 71.7 cm³/mol. The Morgan fingerprint density at radius 1 is 1.28 bits per heavy atom. The van der Waals surface area contributed by atoms with Crippen LogP contribution in [0.2, 0.25) is 0 Å². The number of rotatable bonds is 5. The summed E-state index contributed by atoms with van der Waals surface area (Å²) < 4.78 is 36.5. The molecule has 2 unspecified atom stereocenters. The maximum Gasteiger partial charge on any atom is 0.441 e. The van der Waals surface area contributed by atoms with E-state index in [0.29, 0.717) is 18.3 Å². The van der Waals surface area contributed by atoms with Crippen molar-refractivity contribution in [2.45, 2.75) is 45.0 Å². The Kier molecular flexibility index (Phi) is 5.84. The van der Waals surface area contributed by atoms with Crippen molar-refractivity contribution < 1.29 is 13.2 Å². The minimum atomic E-state index is -4.08. The zero-order valence-electron chi connectivity index (χ0n) is 11.4. The van der Waals surface area contributed by atoms with Gasteiger partial charge in [0.05, 0.1) is 0 Å². The molecule has 1 rings (SSSR count). The molecule has 1 N–H and O–H groups in total. The third kappa shape index (κ3) is 5.83. The quantitative estimate of drug-likeness (QED) is 0.807. The molecule has 0 aromatic carbocycles. The van der Waals surface area contributed by atoms with Gasteiger partial charge < -0.3 is 5.32 Å². The summed E-state index contributed by atoms with van der Waals surface area (Å²) in [6, 6.07) is 0. The first-order valence-corrected chi connectivity index (χ1v) is 7.57. The van der Waals surface area contributed by atoms with E-state index in [1.165, 1.54) is 6.42 Å². The Labute approximate surface area is 112 Å². The fraction of sp³-hybridized carbons (Fsp3) is 1.00. The molecule has 1 nitrogen and oxygen atoms in total. The summed E-state index contributed by atoms with van der Waals surface area (Å²) in [7, 11) is 1.92. The number of halogens is 3. The molecule has 0 saturated heterocycles. The minimum Gasteiger partial charge on any atom is -0.319 e. The molecule has 0 aliphatic heterocycles. The van der Waals surface area contributed by atoms with Crippen molar-refractivity contribution in [1.29, 1.82) is 0 Å². The number of thioether (sulfide) groups is 1. The Bertz CT molecular complexity index is 253. The van der Waals surface area contributed by atoms with Crippen LogP contribution in [0.1, 0.15) is 39.5 Å². The van der Waals surface area contributed by atoms with Crippen LogP contribution in [0.5, 0.6) is 0 Å². The van der Waals surface area contributed by atoms with Gasteiger partial charge in [0, 0.05) is 5.75 Å². The Balaban J connectivity index is 2.46. The van der Waals surface area contributed by atoms with Crippen molar-refractivity contribution >= 4 is 11.8 Å². The van der Waals surface area contributed by atoms with Crippen LogP contribution in [-0.4, -0.2) is 24.9 Å². The van der Waals surface area contributed by atoms with Gasteiger partial charge in [-0.05, 0) is 56.5 Å². The second-order valence-electron chi connectivity index (χ2n) is 6.07. The predicted octanol–water partition coefficient (Wildman–Crippen LogP) is 4.29. The van der Waals surface area contributed by atoms with Gasteiger partial charge in [0.25, 0.3) is 0 Å². The van der Waals surface area contributed by atoms with E-state index >= 15 is 0 Å². The third-order valence-corrected chi connectivity index (χ3v) is 4.66. The molecular weight excluding hydrogens is 259 g/mol. The third-order valence-electron chi connectivity index (χ3n) is 3.89. The molecule has 1 aliphatic carbocycles. The lowest BCUT2D eigenvalue weighted by atomic mass is 9.66. The maximum atomic E-state index is 12.2. The first kappa shape index (κ1) is 16.2. The van der Waals surface area contributed by atoms with Gasteiger partial charge >= 0.3 is 5.51 Å². The van der Waals surface area contributed by atoms with Crippen molar-refractivity contribution in [2.24, 2.45) is 17.3 Å². The van der Waals surface area contributed by atoms with Gasteiger partial charge in [-0.1, -0.05) is 25.6 Å². The molecule has 0 bridgehead atoms. The monoisotopic (exact) mass is 283 g/mol. The number of hydrogen-bond donors (Lipinski definition) is 1. The summed E-state index contributed by atoms with van der Waals surface area (Å²) in [6.45, 7) is 5.39. The van der Waals surface area contributed by atoms with Gasteiger partial charge in [0.15, 0.2) is 0 Å². The molecule has 0 aromatic heterocycles. The molecule has 18 heavy (non-hydrogen) atoms. The first-order valence-electron chi connectivity index (χ1n) is 6.59. The summed E-state index contributed by atoms with van der Waals surface area (Å²) in [6.07, 6.45) is 4.05. The number of nitrogens with one attached hydrogen (secondary N) is 1. The van der Waals surface area contributed by atoms with E-state index in [4.69, 9.17) is 0 Å². The van der Waals surface area contributed by atoms with Crippen LogP contribution in [0.15, 0.2) is 0 Å². The molecule has 1 saturated carbocycles. The number of alkyl halides is 3. The normalized spacial score (nSPS) is 28.3. The molecule has 0 radical (unpaired) electrons. The highest BCUT2D eigenvalue weighted by Crippen LogP contribution is 2.44. The molecule has 0 heterocycles. The molecule has 108 valence electrons. The largest absolute Gasteiger partial charge is 0.441 e. The van der Waals surface area contributed by atoms with Crippen molar-refractivity contribution in [3.63, 3.8) is 0 Å². The molecule has 1 aliphatic rings. The summed E-state index contributed by atoms with van der Waals surface area (Å²) in [5.74, 6) is 1.16. The van der Waals surface area contributed by atoms with Crippen LogP contribution < -0.4 is 5.32 Å². The fourth-order valence-corrected chi connectivity index (χ4v) is 3.64.